The molecule has 0 heterocycles. The smallest absolute Gasteiger partial charge is 0.829 e. The molecule has 2 atom stereocenters. The van der Waals surface area contributed by atoms with Crippen molar-refractivity contribution in [1.29, 1.82) is 0 Å². The third-order valence-electron chi connectivity index (χ3n) is 5.02. The van der Waals surface area contributed by atoms with Crippen LogP contribution in [0.5, 0.6) is 11.5 Å². The first kappa shape index (κ1) is 28.3. The number of aliphatic hydroxyl groups excluding tert-OH is 1. The molecule has 0 saturated carbocycles. The Kier molecular flexibility index (Phi) is 12.1. The molecule has 0 aromatic heterocycles. The van der Waals surface area contributed by atoms with E-state index in [1.54, 1.807) is 54.6 Å². The maximum Gasteiger partial charge on any atom is 1.00 e. The average Bonchev–Trinajstić information content (AvgIpc) is 2.83. The summed E-state index contributed by atoms with van der Waals surface area (Å²) in [4.78, 5) is 12.4. The van der Waals surface area contributed by atoms with Crippen molar-refractivity contribution < 1.29 is 58.8 Å². The van der Waals surface area contributed by atoms with Crippen molar-refractivity contribution in [3.8, 4) is 11.5 Å². The quantitative estimate of drug-likeness (QED) is 0.173. The standard InChI is InChI=1S/C26H26ClO6.Na/c1-31-24(26(29)30)17-18-8-13-23(22(27)16-18)33-15-5-14-32-21-11-9-20(10-12-21)25(28)19-6-3-2-4-7-19;/h2-4,6-13,16,24,26,29H,5,14-15,17H2,1H3;/q-1;+1/t24-,26?;/m0./s1. The molecule has 0 aliphatic heterocycles. The zero-order chi connectivity index (χ0) is 23.6. The fourth-order valence-corrected chi connectivity index (χ4v) is 3.47. The van der Waals surface area contributed by atoms with Crippen LogP contribution >= 0.6 is 11.6 Å². The van der Waals surface area contributed by atoms with Gasteiger partial charge in [0.05, 0.1) is 24.3 Å². The molecule has 1 N–H and O–H groups in total. The van der Waals surface area contributed by atoms with Gasteiger partial charge in [-0.05, 0) is 48.4 Å². The van der Waals surface area contributed by atoms with E-state index in [1.807, 2.05) is 18.2 Å². The molecule has 34 heavy (non-hydrogen) atoms. The van der Waals surface area contributed by atoms with Crippen molar-refractivity contribution in [1.82, 2.24) is 0 Å². The van der Waals surface area contributed by atoms with E-state index in [4.69, 9.17) is 30.9 Å². The van der Waals surface area contributed by atoms with Gasteiger partial charge in [-0.1, -0.05) is 48.0 Å². The maximum atomic E-state index is 12.4. The summed E-state index contributed by atoms with van der Waals surface area (Å²) in [6.45, 7) is 0.849. The van der Waals surface area contributed by atoms with Gasteiger partial charge >= 0.3 is 29.6 Å². The van der Waals surface area contributed by atoms with Gasteiger partial charge in [0, 0.05) is 30.9 Å². The maximum absolute atomic E-state index is 12.4. The number of carbonyl (C=O) groups excluding carboxylic acids is 1. The van der Waals surface area contributed by atoms with Crippen LogP contribution in [0.4, 0.5) is 0 Å². The zero-order valence-electron chi connectivity index (χ0n) is 19.3. The zero-order valence-corrected chi connectivity index (χ0v) is 22.0. The second-order valence-electron chi connectivity index (χ2n) is 7.40. The number of ether oxygens (including phenoxy) is 3. The van der Waals surface area contributed by atoms with Gasteiger partial charge in [-0.15, -0.1) is 0 Å². The SMILES string of the molecule is CO[C@@H](Cc1ccc(OCCCOc2ccc(C(=O)c3ccccc3)cc2)c(Cl)c1)C([O-])O.[Na+]. The van der Waals surface area contributed by atoms with E-state index >= 15 is 0 Å². The van der Waals surface area contributed by atoms with E-state index < -0.39 is 12.4 Å². The monoisotopic (exact) mass is 492 g/mol. The van der Waals surface area contributed by atoms with Crippen LogP contribution in [0, 0.1) is 0 Å². The summed E-state index contributed by atoms with van der Waals surface area (Å²) in [6, 6.07) is 21.4. The van der Waals surface area contributed by atoms with Gasteiger partial charge < -0.3 is 24.4 Å². The van der Waals surface area contributed by atoms with Gasteiger partial charge in [0.1, 0.15) is 11.5 Å². The molecular weight excluding hydrogens is 467 g/mol. The Morgan fingerprint density at radius 3 is 2.24 bits per heavy atom. The molecule has 1 unspecified atom stereocenters. The Balaban J connectivity index is 0.00000408. The third-order valence-corrected chi connectivity index (χ3v) is 5.32. The van der Waals surface area contributed by atoms with Crippen molar-refractivity contribution in [2.24, 2.45) is 0 Å². The van der Waals surface area contributed by atoms with Crippen LogP contribution in [0.3, 0.4) is 0 Å². The van der Waals surface area contributed by atoms with Crippen molar-refractivity contribution in [3.63, 3.8) is 0 Å². The molecule has 0 fully saturated rings. The molecule has 6 nitrogen and oxygen atoms in total. The summed E-state index contributed by atoms with van der Waals surface area (Å²) in [7, 11) is 1.38. The summed E-state index contributed by atoms with van der Waals surface area (Å²) in [5.74, 6) is 1.18. The number of aliphatic hydroxyl groups is 1. The molecule has 0 aliphatic carbocycles. The number of halogens is 1. The van der Waals surface area contributed by atoms with Crippen LogP contribution in [0.15, 0.2) is 72.8 Å². The molecule has 174 valence electrons. The number of rotatable bonds is 12. The first-order valence-electron chi connectivity index (χ1n) is 10.6. The van der Waals surface area contributed by atoms with E-state index in [0.717, 1.165) is 5.56 Å². The predicted molar refractivity (Wildman–Crippen MR) is 124 cm³/mol. The fourth-order valence-electron chi connectivity index (χ4n) is 3.21. The van der Waals surface area contributed by atoms with Crippen LogP contribution in [-0.4, -0.2) is 43.6 Å². The Labute approximate surface area is 226 Å². The first-order chi connectivity index (χ1) is 16.0. The molecule has 3 aromatic carbocycles. The Bertz CT molecular complexity index is 1030. The van der Waals surface area contributed by atoms with E-state index in [-0.39, 0.29) is 41.8 Å². The molecule has 0 saturated heterocycles. The van der Waals surface area contributed by atoms with Crippen LogP contribution < -0.4 is 44.1 Å². The summed E-state index contributed by atoms with van der Waals surface area (Å²) in [5.41, 5.74) is 2.03. The summed E-state index contributed by atoms with van der Waals surface area (Å²) in [6.07, 6.45) is -1.76. The molecule has 0 spiro atoms. The van der Waals surface area contributed by atoms with Crippen molar-refractivity contribution in [3.05, 3.63) is 94.5 Å². The molecule has 8 heteroatoms. The van der Waals surface area contributed by atoms with E-state index in [2.05, 4.69) is 0 Å². The van der Waals surface area contributed by atoms with Gasteiger partial charge in [0.15, 0.2) is 5.78 Å². The largest absolute Gasteiger partial charge is 1.00 e. The van der Waals surface area contributed by atoms with Crippen LogP contribution in [-0.2, 0) is 11.2 Å². The summed E-state index contributed by atoms with van der Waals surface area (Å²) in [5, 5.41) is 20.8. The number of methoxy groups -OCH3 is 1. The normalized spacial score (nSPS) is 12.4. The predicted octanol–water partition coefficient (Wildman–Crippen LogP) is 0.659. The van der Waals surface area contributed by atoms with Gasteiger partial charge in [0.25, 0.3) is 0 Å². The van der Waals surface area contributed by atoms with E-state index in [9.17, 15) is 9.90 Å². The topological polar surface area (TPSA) is 88.1 Å². The van der Waals surface area contributed by atoms with Gasteiger partial charge in [-0.3, -0.25) is 4.79 Å². The number of benzene rings is 3. The summed E-state index contributed by atoms with van der Waals surface area (Å²) < 4.78 is 16.4. The fraction of sp³-hybridized carbons (Fsp3) is 0.269. The average molecular weight is 493 g/mol. The molecule has 3 rings (SSSR count). The Morgan fingerprint density at radius 2 is 1.62 bits per heavy atom. The summed E-state index contributed by atoms with van der Waals surface area (Å²) >= 11 is 6.26. The number of hydrogen-bond donors (Lipinski definition) is 1. The Hall–Kier alpha value is -1.90. The molecule has 0 bridgehead atoms. The van der Waals surface area contributed by atoms with E-state index in [1.165, 1.54) is 7.11 Å². The third kappa shape index (κ3) is 8.40. The van der Waals surface area contributed by atoms with Crippen LogP contribution in [0.1, 0.15) is 27.9 Å². The van der Waals surface area contributed by atoms with Gasteiger partial charge in [-0.2, -0.15) is 0 Å². The first-order valence-corrected chi connectivity index (χ1v) is 11.0. The van der Waals surface area contributed by atoms with Gasteiger partial charge in [-0.25, -0.2) is 0 Å². The van der Waals surface area contributed by atoms with Crippen molar-refractivity contribution >= 4 is 17.4 Å². The van der Waals surface area contributed by atoms with Gasteiger partial charge in [0.2, 0.25) is 0 Å². The minimum absolute atomic E-state index is 0. The molecule has 3 aromatic rings. The minimum Gasteiger partial charge on any atom is -0.829 e. The number of ketones is 1. The number of hydrogen-bond acceptors (Lipinski definition) is 6. The molecule has 0 aliphatic rings. The van der Waals surface area contributed by atoms with E-state index in [0.29, 0.717) is 47.3 Å². The van der Waals surface area contributed by atoms with Crippen LogP contribution in [0.25, 0.3) is 0 Å². The number of carbonyl (C=O) groups is 1. The minimum atomic E-state index is -1.81. The van der Waals surface area contributed by atoms with Crippen molar-refractivity contribution in [2.45, 2.75) is 25.2 Å². The molecule has 0 amide bonds. The second-order valence-corrected chi connectivity index (χ2v) is 7.81. The second kappa shape index (κ2) is 14.5. The molecular formula is C26H26ClNaO6. The van der Waals surface area contributed by atoms with Crippen molar-refractivity contribution in [2.75, 3.05) is 20.3 Å². The molecule has 0 radical (unpaired) electrons. The Morgan fingerprint density at radius 1 is 0.971 bits per heavy atom. The van der Waals surface area contributed by atoms with Crippen LogP contribution in [0.2, 0.25) is 5.02 Å².